The molecular formula is C26H49NO4. The van der Waals surface area contributed by atoms with Crippen LogP contribution in [0.25, 0.3) is 0 Å². The Morgan fingerprint density at radius 3 is 1.81 bits per heavy atom. The van der Waals surface area contributed by atoms with Crippen LogP contribution in [0.2, 0.25) is 0 Å². The van der Waals surface area contributed by atoms with Crippen molar-refractivity contribution in [2.75, 3.05) is 33.0 Å². The Balaban J connectivity index is 0.000000645. The zero-order valence-electron chi connectivity index (χ0n) is 21.1. The highest BCUT2D eigenvalue weighted by Gasteiger charge is 2.69. The first-order valence-corrected chi connectivity index (χ1v) is 13.3. The Hall–Kier alpha value is -0.200. The van der Waals surface area contributed by atoms with Gasteiger partial charge in [0.25, 0.3) is 0 Å². The van der Waals surface area contributed by atoms with Crippen LogP contribution in [0.15, 0.2) is 0 Å². The Kier molecular flexibility index (Phi) is 8.17. The van der Waals surface area contributed by atoms with Crippen LogP contribution in [0.3, 0.4) is 0 Å². The lowest BCUT2D eigenvalue weighted by Gasteiger charge is -2.61. The number of rotatable bonds is 3. The minimum Gasteiger partial charge on any atom is -0.347 e. The maximum absolute atomic E-state index is 6.36. The van der Waals surface area contributed by atoms with Crippen molar-refractivity contribution in [3.8, 4) is 0 Å². The van der Waals surface area contributed by atoms with Crippen LogP contribution in [-0.4, -0.2) is 44.5 Å². The normalized spacial score (nSPS) is 41.7. The van der Waals surface area contributed by atoms with Gasteiger partial charge in [0.05, 0.1) is 26.4 Å². The van der Waals surface area contributed by atoms with Gasteiger partial charge in [-0.3, -0.25) is 0 Å². The molecule has 0 bridgehead atoms. The van der Waals surface area contributed by atoms with E-state index in [0.717, 1.165) is 64.6 Å². The maximum Gasteiger partial charge on any atom is 0.174 e. The SMILES string of the molecule is CC.CC.CC1(CCCN)C2CCC3(C)C(CCC34OCCO4)C2CCC12OCCO2. The third-order valence-electron chi connectivity index (χ3n) is 9.38. The summed E-state index contributed by atoms with van der Waals surface area (Å²) in [6.45, 7) is 16.6. The van der Waals surface area contributed by atoms with E-state index in [9.17, 15) is 0 Å². The number of ether oxygens (including phenoxy) is 4. The smallest absolute Gasteiger partial charge is 0.174 e. The molecule has 5 atom stereocenters. The van der Waals surface area contributed by atoms with Crippen LogP contribution in [0, 0.1) is 28.6 Å². The molecule has 0 aromatic rings. The minimum absolute atomic E-state index is 0.0558. The first kappa shape index (κ1) is 25.4. The van der Waals surface area contributed by atoms with Crippen molar-refractivity contribution >= 4 is 0 Å². The van der Waals surface area contributed by atoms with Gasteiger partial charge in [-0.25, -0.2) is 0 Å². The van der Waals surface area contributed by atoms with E-state index in [-0.39, 0.29) is 22.4 Å². The number of nitrogens with two attached hydrogens (primary N) is 1. The number of hydrogen-bond acceptors (Lipinski definition) is 5. The molecule has 5 rings (SSSR count). The zero-order valence-corrected chi connectivity index (χ0v) is 21.1. The van der Waals surface area contributed by atoms with E-state index in [1.165, 1.54) is 25.7 Å². The molecule has 182 valence electrons. The summed E-state index contributed by atoms with van der Waals surface area (Å²) in [7, 11) is 0. The number of hydrogen-bond donors (Lipinski definition) is 1. The first-order chi connectivity index (χ1) is 15.0. The second-order valence-electron chi connectivity index (χ2n) is 10.1. The molecule has 0 radical (unpaired) electrons. The van der Waals surface area contributed by atoms with Gasteiger partial charge in [0.15, 0.2) is 11.6 Å². The van der Waals surface area contributed by atoms with Gasteiger partial charge in [-0.05, 0) is 62.8 Å². The Morgan fingerprint density at radius 1 is 0.710 bits per heavy atom. The summed E-state index contributed by atoms with van der Waals surface area (Å²) in [6.07, 6.45) is 9.09. The monoisotopic (exact) mass is 439 g/mol. The average Bonchev–Trinajstić information content (AvgIpc) is 3.54. The lowest BCUT2D eigenvalue weighted by molar-refractivity contribution is -0.302. The fourth-order valence-electron chi connectivity index (χ4n) is 8.07. The summed E-state index contributed by atoms with van der Waals surface area (Å²) >= 11 is 0. The van der Waals surface area contributed by atoms with Gasteiger partial charge >= 0.3 is 0 Å². The highest BCUT2D eigenvalue weighted by atomic mass is 16.7. The molecule has 0 aromatic carbocycles. The minimum atomic E-state index is -0.381. The molecule has 5 heteroatoms. The molecule has 3 saturated carbocycles. The molecule has 3 aliphatic carbocycles. The molecule has 2 saturated heterocycles. The highest BCUT2D eigenvalue weighted by Crippen LogP contribution is 2.69. The molecule has 0 amide bonds. The van der Waals surface area contributed by atoms with Gasteiger partial charge < -0.3 is 24.7 Å². The standard InChI is InChI=1S/C22H37NO4.2C2H6/c1-19(7-3-11-23)17-5-8-20(2)18(6-10-22(20)26-14-15-27-22)16(17)4-9-21(19)24-12-13-25-21;2*1-2/h16-18H,3-15,23H2,1-2H3;2*1-2H3. The van der Waals surface area contributed by atoms with Gasteiger partial charge in [0, 0.05) is 23.7 Å². The molecule has 5 fully saturated rings. The van der Waals surface area contributed by atoms with Crippen molar-refractivity contribution in [1.29, 1.82) is 0 Å². The Labute approximate surface area is 191 Å². The zero-order chi connectivity index (χ0) is 22.8. The van der Waals surface area contributed by atoms with E-state index >= 15 is 0 Å². The van der Waals surface area contributed by atoms with Crippen molar-refractivity contribution in [2.45, 2.75) is 104 Å². The topological polar surface area (TPSA) is 62.9 Å². The van der Waals surface area contributed by atoms with Gasteiger partial charge in [0.2, 0.25) is 0 Å². The van der Waals surface area contributed by atoms with Crippen molar-refractivity contribution in [3.63, 3.8) is 0 Å². The van der Waals surface area contributed by atoms with Gasteiger partial charge in [0.1, 0.15) is 0 Å². The third-order valence-corrected chi connectivity index (χ3v) is 9.38. The van der Waals surface area contributed by atoms with Crippen molar-refractivity contribution < 1.29 is 18.9 Å². The van der Waals surface area contributed by atoms with Gasteiger partial charge in [-0.2, -0.15) is 0 Å². The van der Waals surface area contributed by atoms with Gasteiger partial charge in [-0.15, -0.1) is 0 Å². The predicted molar refractivity (Wildman–Crippen MR) is 125 cm³/mol. The summed E-state index contributed by atoms with van der Waals surface area (Å²) in [5.41, 5.74) is 6.14. The third kappa shape index (κ3) is 3.71. The van der Waals surface area contributed by atoms with Crippen molar-refractivity contribution in [3.05, 3.63) is 0 Å². The number of fused-ring (bicyclic) bond motifs is 4. The average molecular weight is 440 g/mol. The highest BCUT2D eigenvalue weighted by molar-refractivity contribution is 5.14. The van der Waals surface area contributed by atoms with Crippen molar-refractivity contribution in [2.24, 2.45) is 34.3 Å². The van der Waals surface area contributed by atoms with E-state index in [1.54, 1.807) is 0 Å². The van der Waals surface area contributed by atoms with E-state index in [2.05, 4.69) is 13.8 Å². The molecular weight excluding hydrogens is 390 g/mol. The van der Waals surface area contributed by atoms with E-state index in [0.29, 0.717) is 11.8 Å². The van der Waals surface area contributed by atoms with Crippen LogP contribution in [-0.2, 0) is 18.9 Å². The molecule has 2 spiro atoms. The molecule has 5 unspecified atom stereocenters. The quantitative estimate of drug-likeness (QED) is 0.628. The second kappa shape index (κ2) is 9.97. The van der Waals surface area contributed by atoms with E-state index in [1.807, 2.05) is 27.7 Å². The van der Waals surface area contributed by atoms with Crippen molar-refractivity contribution in [1.82, 2.24) is 0 Å². The molecule has 2 N–H and O–H groups in total. The second-order valence-corrected chi connectivity index (χ2v) is 10.1. The maximum atomic E-state index is 6.36. The van der Waals surface area contributed by atoms with Crippen LogP contribution >= 0.6 is 0 Å². The molecule has 31 heavy (non-hydrogen) atoms. The molecule has 0 aromatic heterocycles. The lowest BCUT2D eigenvalue weighted by Crippen LogP contribution is -2.62. The molecule has 5 nitrogen and oxygen atoms in total. The fourth-order valence-corrected chi connectivity index (χ4v) is 8.07. The largest absolute Gasteiger partial charge is 0.347 e. The van der Waals surface area contributed by atoms with Crippen LogP contribution in [0.4, 0.5) is 0 Å². The van der Waals surface area contributed by atoms with Crippen LogP contribution < -0.4 is 5.73 Å². The Morgan fingerprint density at radius 2 is 1.23 bits per heavy atom. The summed E-state index contributed by atoms with van der Waals surface area (Å²) in [6, 6.07) is 0. The summed E-state index contributed by atoms with van der Waals surface area (Å²) < 4.78 is 25.3. The lowest BCUT2D eigenvalue weighted by atomic mass is 9.47. The first-order valence-electron chi connectivity index (χ1n) is 13.3. The van der Waals surface area contributed by atoms with Crippen LogP contribution in [0.5, 0.6) is 0 Å². The van der Waals surface area contributed by atoms with E-state index < -0.39 is 0 Å². The van der Waals surface area contributed by atoms with E-state index in [4.69, 9.17) is 24.7 Å². The molecule has 5 aliphatic rings. The summed E-state index contributed by atoms with van der Waals surface area (Å²) in [4.78, 5) is 0. The predicted octanol–water partition coefficient (Wildman–Crippen LogP) is 5.51. The summed E-state index contributed by atoms with van der Waals surface area (Å²) in [5.74, 6) is 1.35. The molecule has 2 heterocycles. The molecule has 2 aliphatic heterocycles. The Bertz CT molecular complexity index is 572. The van der Waals surface area contributed by atoms with Crippen LogP contribution in [0.1, 0.15) is 92.9 Å². The fraction of sp³-hybridized carbons (Fsp3) is 1.00. The van der Waals surface area contributed by atoms with Gasteiger partial charge in [-0.1, -0.05) is 41.5 Å². The summed E-state index contributed by atoms with van der Waals surface area (Å²) in [5, 5.41) is 0.